The Labute approximate surface area is 73.9 Å². The maximum Gasteiger partial charge on any atom is 0.397 e. The van der Waals surface area contributed by atoms with Gasteiger partial charge in [0.05, 0.1) is 6.10 Å². The van der Waals surface area contributed by atoms with Crippen molar-refractivity contribution in [2.45, 2.75) is 39.7 Å². The zero-order valence-corrected chi connectivity index (χ0v) is 8.47. The summed E-state index contributed by atoms with van der Waals surface area (Å²) < 4.78 is 33.1. The van der Waals surface area contributed by atoms with Crippen LogP contribution in [0.2, 0.25) is 0 Å². The van der Waals surface area contributed by atoms with Crippen molar-refractivity contribution in [1.29, 1.82) is 0 Å². The molecule has 1 N–H and O–H groups in total. The molecule has 1 atom stereocenters. The van der Waals surface area contributed by atoms with Gasteiger partial charge in [-0.25, -0.2) is 4.18 Å². The highest BCUT2D eigenvalue weighted by Crippen LogP contribution is 2.10. The van der Waals surface area contributed by atoms with E-state index in [0.717, 1.165) is 6.42 Å². The highest BCUT2D eigenvalue weighted by atomic mass is 32.3. The fourth-order valence-electron chi connectivity index (χ4n) is 0.824. The molecule has 0 bridgehead atoms. The Bertz CT molecular complexity index is 207. The van der Waals surface area contributed by atoms with Gasteiger partial charge in [0, 0.05) is 0 Å². The molecule has 0 heterocycles. The monoisotopic (exact) mass is 196 g/mol. The lowest BCUT2D eigenvalue weighted by atomic mass is 10.1. The zero-order chi connectivity index (χ0) is 9.78. The molecule has 12 heavy (non-hydrogen) atoms. The second-order valence-corrected chi connectivity index (χ2v) is 4.35. The molecule has 0 amide bonds. The van der Waals surface area contributed by atoms with Crippen LogP contribution >= 0.6 is 0 Å². The van der Waals surface area contributed by atoms with Gasteiger partial charge < -0.3 is 0 Å². The van der Waals surface area contributed by atoms with Crippen LogP contribution in [0.1, 0.15) is 33.6 Å². The molecule has 0 unspecified atom stereocenters. The van der Waals surface area contributed by atoms with Crippen LogP contribution in [0, 0.1) is 5.92 Å². The average molecular weight is 196 g/mol. The van der Waals surface area contributed by atoms with E-state index in [1.54, 1.807) is 6.92 Å². The van der Waals surface area contributed by atoms with E-state index in [-0.39, 0.29) is 0 Å². The van der Waals surface area contributed by atoms with Gasteiger partial charge in [0.15, 0.2) is 0 Å². The molecule has 0 aliphatic heterocycles. The molecule has 0 rings (SSSR count). The molecule has 0 radical (unpaired) electrons. The molecule has 0 aromatic rings. The van der Waals surface area contributed by atoms with E-state index < -0.39 is 16.5 Å². The van der Waals surface area contributed by atoms with E-state index in [2.05, 4.69) is 4.18 Å². The van der Waals surface area contributed by atoms with Crippen LogP contribution in [0.3, 0.4) is 0 Å². The largest absolute Gasteiger partial charge is 0.397 e. The van der Waals surface area contributed by atoms with Gasteiger partial charge in [0.25, 0.3) is 0 Å². The van der Waals surface area contributed by atoms with E-state index in [4.69, 9.17) is 4.55 Å². The van der Waals surface area contributed by atoms with Gasteiger partial charge in [-0.2, -0.15) is 8.42 Å². The molecule has 0 spiro atoms. The number of rotatable bonds is 5. The molecule has 74 valence electrons. The molecule has 0 aromatic heterocycles. The fraction of sp³-hybridized carbons (Fsp3) is 1.00. The Morgan fingerprint density at radius 1 is 1.25 bits per heavy atom. The maximum atomic E-state index is 10.2. The lowest BCUT2D eigenvalue weighted by Gasteiger charge is -2.10. The van der Waals surface area contributed by atoms with Gasteiger partial charge in [-0.3, -0.25) is 4.55 Å². The van der Waals surface area contributed by atoms with Crippen LogP contribution in [0.4, 0.5) is 0 Å². The van der Waals surface area contributed by atoms with Gasteiger partial charge in [0.2, 0.25) is 0 Å². The second-order valence-electron chi connectivity index (χ2n) is 3.31. The lowest BCUT2D eigenvalue weighted by Crippen LogP contribution is -2.14. The van der Waals surface area contributed by atoms with Crippen LogP contribution in [-0.4, -0.2) is 19.1 Å². The van der Waals surface area contributed by atoms with E-state index in [1.165, 1.54) is 0 Å². The third kappa shape index (κ3) is 7.97. The van der Waals surface area contributed by atoms with Crippen molar-refractivity contribution in [2.24, 2.45) is 5.92 Å². The number of hydrogen-bond acceptors (Lipinski definition) is 3. The summed E-state index contributed by atoms with van der Waals surface area (Å²) in [6, 6.07) is 0. The minimum Gasteiger partial charge on any atom is -0.264 e. The third-order valence-electron chi connectivity index (χ3n) is 1.44. The van der Waals surface area contributed by atoms with Gasteiger partial charge in [0.1, 0.15) is 0 Å². The Hall–Kier alpha value is -0.130. The molecule has 0 aromatic carbocycles. The summed E-state index contributed by atoms with van der Waals surface area (Å²) in [6.07, 6.45) is 1.08. The summed E-state index contributed by atoms with van der Waals surface area (Å²) in [6.45, 7) is 5.70. The first kappa shape index (κ1) is 11.9. The summed E-state index contributed by atoms with van der Waals surface area (Å²) in [5.74, 6) is 0.512. The predicted molar refractivity (Wildman–Crippen MR) is 46.2 cm³/mol. The van der Waals surface area contributed by atoms with Gasteiger partial charge in [-0.15, -0.1) is 0 Å². The van der Waals surface area contributed by atoms with Crippen LogP contribution in [-0.2, 0) is 14.6 Å². The standard InChI is InChI=1S/C7H16O4S/c1-6(2)4-5-7(3)11-12(8,9)10/h6-7H,4-5H2,1-3H3,(H,8,9,10)/t7-/m0/s1. The molecule has 0 aliphatic rings. The first-order valence-corrected chi connectivity index (χ1v) is 5.33. The predicted octanol–water partition coefficient (Wildman–Crippen LogP) is 1.63. The van der Waals surface area contributed by atoms with Crippen LogP contribution in [0.5, 0.6) is 0 Å². The van der Waals surface area contributed by atoms with E-state index in [1.807, 2.05) is 13.8 Å². The quantitative estimate of drug-likeness (QED) is 0.679. The lowest BCUT2D eigenvalue weighted by molar-refractivity contribution is 0.182. The van der Waals surface area contributed by atoms with E-state index in [0.29, 0.717) is 12.3 Å². The highest BCUT2D eigenvalue weighted by Gasteiger charge is 2.12. The Balaban J connectivity index is 3.68. The smallest absolute Gasteiger partial charge is 0.264 e. The maximum absolute atomic E-state index is 10.2. The van der Waals surface area contributed by atoms with Crippen molar-refractivity contribution in [2.75, 3.05) is 0 Å². The highest BCUT2D eigenvalue weighted by molar-refractivity contribution is 7.80. The summed E-state index contributed by atoms with van der Waals surface area (Å²) in [4.78, 5) is 0. The summed E-state index contributed by atoms with van der Waals surface area (Å²) in [7, 11) is -4.27. The molecular weight excluding hydrogens is 180 g/mol. The minimum atomic E-state index is -4.27. The van der Waals surface area contributed by atoms with Crippen molar-refractivity contribution in [3.8, 4) is 0 Å². The van der Waals surface area contributed by atoms with E-state index in [9.17, 15) is 8.42 Å². The third-order valence-corrected chi connectivity index (χ3v) is 2.01. The van der Waals surface area contributed by atoms with Crippen molar-refractivity contribution >= 4 is 10.4 Å². The van der Waals surface area contributed by atoms with Gasteiger partial charge in [-0.05, 0) is 25.7 Å². The Morgan fingerprint density at radius 3 is 2.08 bits per heavy atom. The van der Waals surface area contributed by atoms with Crippen molar-refractivity contribution < 1.29 is 17.2 Å². The van der Waals surface area contributed by atoms with Crippen LogP contribution in [0.15, 0.2) is 0 Å². The summed E-state index contributed by atoms with van der Waals surface area (Å²) in [5.41, 5.74) is 0. The molecule has 0 aliphatic carbocycles. The fourth-order valence-corrected chi connectivity index (χ4v) is 1.34. The van der Waals surface area contributed by atoms with Crippen molar-refractivity contribution in [3.05, 3.63) is 0 Å². The van der Waals surface area contributed by atoms with E-state index >= 15 is 0 Å². The summed E-state index contributed by atoms with van der Waals surface area (Å²) in [5, 5.41) is 0. The Kier molecular flexibility index (Phi) is 4.74. The minimum absolute atomic E-state index is 0.442. The zero-order valence-electron chi connectivity index (χ0n) is 7.65. The van der Waals surface area contributed by atoms with Gasteiger partial charge >= 0.3 is 10.4 Å². The summed E-state index contributed by atoms with van der Waals surface area (Å²) >= 11 is 0. The first-order valence-electron chi connectivity index (χ1n) is 3.97. The number of hydrogen-bond donors (Lipinski definition) is 1. The molecule has 0 saturated heterocycles. The van der Waals surface area contributed by atoms with Crippen molar-refractivity contribution in [3.63, 3.8) is 0 Å². The normalized spacial score (nSPS) is 15.1. The Morgan fingerprint density at radius 2 is 1.75 bits per heavy atom. The molecule has 5 heteroatoms. The second kappa shape index (κ2) is 4.79. The average Bonchev–Trinajstić information content (AvgIpc) is 1.79. The molecule has 0 fully saturated rings. The topological polar surface area (TPSA) is 63.6 Å². The molecular formula is C7H16O4S. The van der Waals surface area contributed by atoms with Crippen LogP contribution < -0.4 is 0 Å². The first-order chi connectivity index (χ1) is 5.31. The molecule has 0 saturated carbocycles. The van der Waals surface area contributed by atoms with Crippen molar-refractivity contribution in [1.82, 2.24) is 0 Å². The van der Waals surface area contributed by atoms with Crippen LogP contribution in [0.25, 0.3) is 0 Å². The van der Waals surface area contributed by atoms with Gasteiger partial charge in [-0.1, -0.05) is 13.8 Å². The SMILES string of the molecule is CC(C)CC[C@H](C)OS(=O)(=O)O. The molecule has 4 nitrogen and oxygen atoms in total.